The predicted molar refractivity (Wildman–Crippen MR) is 110 cm³/mol. The fourth-order valence-electron chi connectivity index (χ4n) is 5.96. The molecule has 3 nitrogen and oxygen atoms in total. The molecule has 1 aromatic rings. The summed E-state index contributed by atoms with van der Waals surface area (Å²) in [7, 11) is 0. The van der Waals surface area contributed by atoms with Crippen molar-refractivity contribution in [3.63, 3.8) is 0 Å². The Morgan fingerprint density at radius 1 is 1.07 bits per heavy atom. The average molecular weight is 374 g/mol. The summed E-state index contributed by atoms with van der Waals surface area (Å²) in [6.45, 7) is 12.2. The molecule has 4 bridgehead atoms. The van der Waals surface area contributed by atoms with E-state index in [0.717, 1.165) is 0 Å². The Bertz CT molecular complexity index is 896. The second-order valence-corrected chi connectivity index (χ2v) is 8.23. The summed E-state index contributed by atoms with van der Waals surface area (Å²) in [5.74, 6) is 0.141. The number of ketones is 2. The molecular formula is C25H26O3. The van der Waals surface area contributed by atoms with E-state index in [1.807, 2.05) is 42.5 Å². The van der Waals surface area contributed by atoms with Crippen molar-refractivity contribution in [1.82, 2.24) is 0 Å². The number of allylic oxidation sites excluding steroid dienone is 3. The van der Waals surface area contributed by atoms with Crippen LogP contribution in [0.25, 0.3) is 0 Å². The highest BCUT2D eigenvalue weighted by Gasteiger charge is 2.76. The summed E-state index contributed by atoms with van der Waals surface area (Å²) in [5.41, 5.74) is -1.12. The lowest BCUT2D eigenvalue weighted by atomic mass is 9.42. The first-order valence-electron chi connectivity index (χ1n) is 9.86. The van der Waals surface area contributed by atoms with Crippen LogP contribution in [0, 0.1) is 16.7 Å². The highest BCUT2D eigenvalue weighted by atomic mass is 16.5. The third-order valence-electron chi connectivity index (χ3n) is 6.97. The van der Waals surface area contributed by atoms with Crippen molar-refractivity contribution < 1.29 is 14.3 Å². The van der Waals surface area contributed by atoms with E-state index in [2.05, 4.69) is 19.7 Å². The minimum absolute atomic E-state index is 0.0213. The lowest BCUT2D eigenvalue weighted by Crippen LogP contribution is -2.67. The second kappa shape index (κ2) is 6.52. The SMILES string of the molecule is C=CC[C@@]12C=C(C(=O)c3ccccc3)[C@]3(CC=C)C(CO[C@@]3(CC=C)C1=O)C2. The summed E-state index contributed by atoms with van der Waals surface area (Å²) in [6, 6.07) is 9.29. The van der Waals surface area contributed by atoms with Crippen LogP contribution in [0.4, 0.5) is 0 Å². The fraction of sp³-hybridized carbons (Fsp3) is 0.360. The van der Waals surface area contributed by atoms with Crippen LogP contribution < -0.4 is 0 Å². The molecule has 0 radical (unpaired) electrons. The van der Waals surface area contributed by atoms with Crippen molar-refractivity contribution in [2.24, 2.45) is 16.7 Å². The first-order valence-corrected chi connectivity index (χ1v) is 9.86. The van der Waals surface area contributed by atoms with E-state index in [4.69, 9.17) is 4.74 Å². The monoisotopic (exact) mass is 374 g/mol. The number of ether oxygens (including phenoxy) is 1. The lowest BCUT2D eigenvalue weighted by molar-refractivity contribution is -0.163. The Labute approximate surface area is 166 Å². The number of benzene rings is 1. The molecular weight excluding hydrogens is 348 g/mol. The molecule has 0 N–H and O–H groups in total. The molecule has 1 heterocycles. The lowest BCUT2D eigenvalue weighted by Gasteiger charge is -2.59. The zero-order valence-electron chi connectivity index (χ0n) is 16.2. The van der Waals surface area contributed by atoms with Crippen molar-refractivity contribution in [1.29, 1.82) is 0 Å². The topological polar surface area (TPSA) is 43.4 Å². The fourth-order valence-corrected chi connectivity index (χ4v) is 5.96. The van der Waals surface area contributed by atoms with Crippen LogP contribution in [0.1, 0.15) is 36.0 Å². The maximum atomic E-state index is 13.8. The number of rotatable bonds is 8. The van der Waals surface area contributed by atoms with E-state index in [-0.39, 0.29) is 17.5 Å². The summed E-state index contributed by atoms with van der Waals surface area (Å²) >= 11 is 0. The molecule has 3 heteroatoms. The Kier molecular flexibility index (Phi) is 4.39. The van der Waals surface area contributed by atoms with E-state index in [1.165, 1.54) is 0 Å². The van der Waals surface area contributed by atoms with Crippen LogP contribution in [-0.4, -0.2) is 23.8 Å². The quantitative estimate of drug-likeness (QED) is 0.482. The molecule has 2 fully saturated rings. The normalized spacial score (nSPS) is 35.4. The smallest absolute Gasteiger partial charge is 0.189 e. The van der Waals surface area contributed by atoms with Crippen LogP contribution in [0.15, 0.2) is 79.9 Å². The van der Waals surface area contributed by atoms with Crippen molar-refractivity contribution >= 4 is 11.6 Å². The zero-order chi connectivity index (χ0) is 20.0. The van der Waals surface area contributed by atoms with Crippen molar-refractivity contribution in [2.75, 3.05) is 6.61 Å². The van der Waals surface area contributed by atoms with E-state index < -0.39 is 16.4 Å². The van der Waals surface area contributed by atoms with Gasteiger partial charge in [0, 0.05) is 23.0 Å². The molecule has 1 unspecified atom stereocenters. The number of carbonyl (C=O) groups is 2. The second-order valence-electron chi connectivity index (χ2n) is 8.23. The standard InChI is InChI=1S/C25H26O3/c1-4-12-23-15-19-17-28-25(14-6-3,22(23)27)24(19,13-5-2)20(16-23)21(26)18-10-8-7-9-11-18/h4-11,16,19H,1-3,12-15,17H2/t19?,23-,24+,25+/m1/s1. The molecule has 5 rings (SSSR count). The van der Waals surface area contributed by atoms with Gasteiger partial charge in [0.05, 0.1) is 12.0 Å². The van der Waals surface area contributed by atoms with Gasteiger partial charge in [-0.15, -0.1) is 19.7 Å². The Balaban J connectivity index is 2.00. The van der Waals surface area contributed by atoms with Crippen LogP contribution in [0.3, 0.4) is 0 Å². The summed E-state index contributed by atoms with van der Waals surface area (Å²) < 4.78 is 6.30. The number of hydrogen-bond donors (Lipinski definition) is 0. The predicted octanol–water partition coefficient (Wildman–Crippen LogP) is 4.87. The molecule has 4 atom stereocenters. The first kappa shape index (κ1) is 18.8. The molecule has 3 aliphatic carbocycles. The highest BCUT2D eigenvalue weighted by Crippen LogP contribution is 2.70. The van der Waals surface area contributed by atoms with Gasteiger partial charge in [0.2, 0.25) is 0 Å². The first-order chi connectivity index (χ1) is 13.5. The molecule has 1 saturated heterocycles. The van der Waals surface area contributed by atoms with E-state index in [1.54, 1.807) is 12.2 Å². The summed E-state index contributed by atoms with van der Waals surface area (Å²) in [6.07, 6.45) is 9.44. The molecule has 0 amide bonds. The zero-order valence-corrected chi connectivity index (χ0v) is 16.2. The van der Waals surface area contributed by atoms with Gasteiger partial charge < -0.3 is 4.74 Å². The third-order valence-corrected chi connectivity index (χ3v) is 6.97. The van der Waals surface area contributed by atoms with Gasteiger partial charge in [0.1, 0.15) is 5.60 Å². The third kappa shape index (κ3) is 2.14. The van der Waals surface area contributed by atoms with Crippen molar-refractivity contribution in [3.8, 4) is 0 Å². The van der Waals surface area contributed by atoms with E-state index in [0.29, 0.717) is 43.4 Å². The van der Waals surface area contributed by atoms with Crippen LogP contribution in [0.2, 0.25) is 0 Å². The molecule has 144 valence electrons. The molecule has 1 aliphatic heterocycles. The van der Waals surface area contributed by atoms with Gasteiger partial charge in [-0.2, -0.15) is 0 Å². The van der Waals surface area contributed by atoms with Gasteiger partial charge in [-0.25, -0.2) is 0 Å². The van der Waals surface area contributed by atoms with Gasteiger partial charge in [-0.3, -0.25) is 9.59 Å². The number of hydrogen-bond acceptors (Lipinski definition) is 3. The molecule has 1 aromatic carbocycles. The minimum atomic E-state index is -1.05. The number of Topliss-reactive ketones (excluding diaryl/α,β-unsaturated/α-hetero) is 2. The largest absolute Gasteiger partial charge is 0.366 e. The number of carbonyl (C=O) groups excluding carboxylic acids is 2. The van der Waals surface area contributed by atoms with E-state index in [9.17, 15) is 9.59 Å². The van der Waals surface area contributed by atoms with Crippen LogP contribution in [-0.2, 0) is 9.53 Å². The van der Waals surface area contributed by atoms with Gasteiger partial charge in [0.25, 0.3) is 0 Å². The van der Waals surface area contributed by atoms with Crippen LogP contribution in [0.5, 0.6) is 0 Å². The van der Waals surface area contributed by atoms with Crippen LogP contribution >= 0.6 is 0 Å². The average Bonchev–Trinajstić information content (AvgIpc) is 2.96. The molecule has 1 saturated carbocycles. The maximum Gasteiger partial charge on any atom is 0.189 e. The Morgan fingerprint density at radius 3 is 2.39 bits per heavy atom. The molecule has 0 aromatic heterocycles. The Morgan fingerprint density at radius 2 is 1.75 bits per heavy atom. The summed E-state index contributed by atoms with van der Waals surface area (Å²) in [5, 5.41) is 0. The molecule has 28 heavy (non-hydrogen) atoms. The van der Waals surface area contributed by atoms with Gasteiger partial charge in [-0.1, -0.05) is 54.6 Å². The van der Waals surface area contributed by atoms with Crippen molar-refractivity contribution in [3.05, 3.63) is 85.5 Å². The Hall–Kier alpha value is -2.52. The van der Waals surface area contributed by atoms with Gasteiger partial charge in [0.15, 0.2) is 11.6 Å². The van der Waals surface area contributed by atoms with E-state index >= 15 is 0 Å². The molecule has 0 spiro atoms. The molecule has 4 aliphatic rings. The minimum Gasteiger partial charge on any atom is -0.366 e. The van der Waals surface area contributed by atoms with Gasteiger partial charge in [-0.05, 0) is 25.2 Å². The maximum absolute atomic E-state index is 13.8. The highest BCUT2D eigenvalue weighted by molar-refractivity contribution is 6.14. The van der Waals surface area contributed by atoms with Crippen molar-refractivity contribution in [2.45, 2.75) is 31.3 Å². The van der Waals surface area contributed by atoms with Gasteiger partial charge >= 0.3 is 0 Å². The summed E-state index contributed by atoms with van der Waals surface area (Å²) in [4.78, 5) is 27.5.